The highest BCUT2D eigenvalue weighted by atomic mass is 15.1. The van der Waals surface area contributed by atoms with Crippen LogP contribution in [0.2, 0.25) is 0 Å². The lowest BCUT2D eigenvalue weighted by molar-refractivity contribution is 0.818. The van der Waals surface area contributed by atoms with E-state index < -0.39 is 0 Å². The highest BCUT2D eigenvalue weighted by Gasteiger charge is 2.57. The SMILES string of the molecule is c1ccc(-c2ccccc2N(c2ccc(-c3ccc4c(c3)C35c6ccccc6-c6cccc(c63)-c3cccc-4c35)cc2)c2ccccc2-c2ccccc2)cc1. The van der Waals surface area contributed by atoms with Gasteiger partial charge in [-0.2, -0.15) is 0 Å². The summed E-state index contributed by atoms with van der Waals surface area (Å²) in [5, 5.41) is 0. The van der Waals surface area contributed by atoms with Gasteiger partial charge < -0.3 is 4.90 Å². The van der Waals surface area contributed by atoms with E-state index in [2.05, 4.69) is 217 Å². The molecule has 0 aromatic heterocycles. The highest BCUT2D eigenvalue weighted by molar-refractivity contribution is 6.06. The van der Waals surface area contributed by atoms with Crippen LogP contribution in [0.3, 0.4) is 0 Å². The van der Waals surface area contributed by atoms with E-state index in [4.69, 9.17) is 0 Å². The second-order valence-corrected chi connectivity index (χ2v) is 15.2. The molecule has 9 aromatic rings. The molecule has 0 heterocycles. The van der Waals surface area contributed by atoms with Crippen LogP contribution in [0.4, 0.5) is 17.1 Å². The van der Waals surface area contributed by atoms with Gasteiger partial charge in [0.15, 0.2) is 0 Å². The van der Waals surface area contributed by atoms with Crippen molar-refractivity contribution < 1.29 is 0 Å². The first-order chi connectivity index (χ1) is 27.8. The van der Waals surface area contributed by atoms with Crippen molar-refractivity contribution in [3.63, 3.8) is 0 Å². The normalized spacial score (nSPS) is 14.9. The van der Waals surface area contributed by atoms with Gasteiger partial charge in [-0.25, -0.2) is 0 Å². The fraction of sp³-hybridized carbons (Fsp3) is 0.0182. The molecule has 0 saturated heterocycles. The molecule has 3 aliphatic rings. The Morgan fingerprint density at radius 2 is 0.696 bits per heavy atom. The number of para-hydroxylation sites is 2. The van der Waals surface area contributed by atoms with Crippen molar-refractivity contribution in [3.8, 4) is 66.8 Å². The molecule has 0 N–H and O–H groups in total. The number of fused-ring (bicyclic) bond motifs is 5. The molecule has 1 nitrogen and oxygen atoms in total. The van der Waals surface area contributed by atoms with Crippen LogP contribution >= 0.6 is 0 Å². The first-order valence-corrected chi connectivity index (χ1v) is 19.5. The van der Waals surface area contributed by atoms with Gasteiger partial charge in [-0.1, -0.05) is 182 Å². The first-order valence-electron chi connectivity index (χ1n) is 19.5. The Morgan fingerprint density at radius 3 is 1.27 bits per heavy atom. The van der Waals surface area contributed by atoms with Crippen molar-refractivity contribution in [2.75, 3.05) is 4.90 Å². The molecule has 0 aliphatic heterocycles. The van der Waals surface area contributed by atoms with Crippen molar-refractivity contribution in [2.45, 2.75) is 5.41 Å². The van der Waals surface area contributed by atoms with Gasteiger partial charge in [0.1, 0.15) is 0 Å². The van der Waals surface area contributed by atoms with Crippen molar-refractivity contribution in [1.29, 1.82) is 0 Å². The van der Waals surface area contributed by atoms with Crippen LogP contribution in [0, 0.1) is 0 Å². The number of hydrogen-bond acceptors (Lipinski definition) is 1. The van der Waals surface area contributed by atoms with E-state index in [1.807, 2.05) is 0 Å². The van der Waals surface area contributed by atoms with Crippen molar-refractivity contribution >= 4 is 17.1 Å². The minimum atomic E-state index is -0.293. The third-order valence-corrected chi connectivity index (χ3v) is 12.4. The molecule has 260 valence electrons. The third kappa shape index (κ3) is 4.20. The van der Waals surface area contributed by atoms with Crippen LogP contribution in [0.15, 0.2) is 212 Å². The minimum absolute atomic E-state index is 0.293. The average molecular weight is 710 g/mol. The van der Waals surface area contributed by atoms with E-state index in [-0.39, 0.29) is 5.41 Å². The van der Waals surface area contributed by atoms with Gasteiger partial charge in [0.2, 0.25) is 0 Å². The summed E-state index contributed by atoms with van der Waals surface area (Å²) in [4.78, 5) is 2.43. The first kappa shape index (κ1) is 31.2. The van der Waals surface area contributed by atoms with Gasteiger partial charge >= 0.3 is 0 Å². The van der Waals surface area contributed by atoms with Gasteiger partial charge in [0.25, 0.3) is 0 Å². The smallest absolute Gasteiger partial charge is 0.0737 e. The van der Waals surface area contributed by atoms with Crippen molar-refractivity contribution in [2.24, 2.45) is 0 Å². The number of rotatable bonds is 6. The molecule has 9 aromatic carbocycles. The largest absolute Gasteiger partial charge is 0.309 e. The Bertz CT molecular complexity index is 2890. The minimum Gasteiger partial charge on any atom is -0.309 e. The average Bonchev–Trinajstić information content (AvgIpc) is 3.87. The highest BCUT2D eigenvalue weighted by Crippen LogP contribution is 2.70. The van der Waals surface area contributed by atoms with Crippen molar-refractivity contribution in [1.82, 2.24) is 0 Å². The molecule has 3 aliphatic carbocycles. The second kappa shape index (κ2) is 11.9. The molecule has 1 atom stereocenters. The predicted octanol–water partition coefficient (Wildman–Crippen LogP) is 14.5. The molecule has 12 rings (SSSR count). The fourth-order valence-electron chi connectivity index (χ4n) is 10.2. The lowest BCUT2D eigenvalue weighted by Gasteiger charge is -2.30. The number of nitrogens with zero attached hydrogens (tertiary/aromatic N) is 1. The van der Waals surface area contributed by atoms with Crippen LogP contribution in [0.5, 0.6) is 0 Å². The lowest BCUT2D eigenvalue weighted by Crippen LogP contribution is -2.23. The molecule has 0 amide bonds. The Labute approximate surface area is 327 Å². The molecule has 0 fully saturated rings. The Kier molecular flexibility index (Phi) is 6.62. The summed E-state index contributed by atoms with van der Waals surface area (Å²) in [5.74, 6) is 0. The molecular weight excluding hydrogens is 675 g/mol. The molecule has 1 unspecified atom stereocenters. The van der Waals surface area contributed by atoms with Gasteiger partial charge in [-0.05, 0) is 108 Å². The lowest BCUT2D eigenvalue weighted by atomic mass is 9.73. The van der Waals surface area contributed by atoms with E-state index >= 15 is 0 Å². The standard InChI is InChI=1S/C55H35N/c1-3-15-37(16-4-1)41-19-8-11-27-51(41)56(52-28-12-9-20-42(52)38-17-5-2-6-18-38)40-32-29-36(30-33-40)39-31-34-44-46-23-14-25-48-47-24-13-22-45-43-21-7-10-26-49(43)55(53(45)47,54(46)48)50(44)35-39/h1-35H. The third-order valence-electron chi connectivity index (χ3n) is 12.4. The summed E-state index contributed by atoms with van der Waals surface area (Å²) in [6.07, 6.45) is 0. The van der Waals surface area contributed by atoms with Crippen LogP contribution in [-0.4, -0.2) is 0 Å². The van der Waals surface area contributed by atoms with Crippen LogP contribution in [0.25, 0.3) is 66.8 Å². The van der Waals surface area contributed by atoms with Crippen LogP contribution in [-0.2, 0) is 5.41 Å². The zero-order valence-electron chi connectivity index (χ0n) is 30.7. The number of anilines is 3. The summed E-state index contributed by atoms with van der Waals surface area (Å²) in [6.45, 7) is 0. The van der Waals surface area contributed by atoms with Gasteiger partial charge in [-0.15, -0.1) is 0 Å². The molecule has 56 heavy (non-hydrogen) atoms. The van der Waals surface area contributed by atoms with E-state index in [9.17, 15) is 0 Å². The van der Waals surface area contributed by atoms with Gasteiger partial charge in [0.05, 0.1) is 16.8 Å². The zero-order chi connectivity index (χ0) is 36.8. The predicted molar refractivity (Wildman–Crippen MR) is 233 cm³/mol. The van der Waals surface area contributed by atoms with E-state index in [0.717, 1.165) is 17.1 Å². The quantitative estimate of drug-likeness (QED) is 0.166. The zero-order valence-corrected chi connectivity index (χ0v) is 30.7. The van der Waals surface area contributed by atoms with Gasteiger partial charge in [-0.3, -0.25) is 0 Å². The monoisotopic (exact) mass is 709 g/mol. The summed E-state index contributed by atoms with van der Waals surface area (Å²) in [7, 11) is 0. The molecule has 1 heteroatoms. The second-order valence-electron chi connectivity index (χ2n) is 15.2. The molecule has 0 bridgehead atoms. The maximum absolute atomic E-state index is 2.50. The molecule has 0 saturated carbocycles. The van der Waals surface area contributed by atoms with E-state index in [1.54, 1.807) is 0 Å². The topological polar surface area (TPSA) is 3.24 Å². The maximum atomic E-state index is 2.50. The number of benzene rings is 9. The summed E-state index contributed by atoms with van der Waals surface area (Å²) >= 11 is 0. The Morgan fingerprint density at radius 1 is 0.268 bits per heavy atom. The number of hydrogen-bond donors (Lipinski definition) is 0. The Hall–Kier alpha value is -7.22. The maximum Gasteiger partial charge on any atom is 0.0737 e. The van der Waals surface area contributed by atoms with E-state index in [1.165, 1.54) is 89.0 Å². The van der Waals surface area contributed by atoms with Crippen molar-refractivity contribution in [3.05, 3.63) is 235 Å². The van der Waals surface area contributed by atoms with Crippen LogP contribution < -0.4 is 4.90 Å². The molecule has 0 radical (unpaired) electrons. The molecular formula is C55H35N. The fourth-order valence-corrected chi connectivity index (χ4v) is 10.2. The Balaban J connectivity index is 1.03. The van der Waals surface area contributed by atoms with E-state index in [0.29, 0.717) is 0 Å². The van der Waals surface area contributed by atoms with Gasteiger partial charge in [0, 0.05) is 16.8 Å². The molecule has 1 spiro atoms. The van der Waals surface area contributed by atoms with Crippen LogP contribution in [0.1, 0.15) is 22.3 Å². The summed E-state index contributed by atoms with van der Waals surface area (Å²) in [6, 6.07) is 78.3. The summed E-state index contributed by atoms with van der Waals surface area (Å²) < 4.78 is 0. The summed E-state index contributed by atoms with van der Waals surface area (Å²) in [5.41, 5.74) is 24.2.